The molecule has 2 aliphatic heterocycles. The zero-order valence-corrected chi connectivity index (χ0v) is 21.7. The molecule has 0 aliphatic carbocycles. The van der Waals surface area contributed by atoms with E-state index in [2.05, 4.69) is 0 Å². The van der Waals surface area contributed by atoms with Crippen LogP contribution in [0.4, 0.5) is 0 Å². The maximum absolute atomic E-state index is 11.8. The number of rotatable bonds is 7. The summed E-state index contributed by atoms with van der Waals surface area (Å²) in [5.41, 5.74) is 8.75. The van der Waals surface area contributed by atoms with Gasteiger partial charge in [0.15, 0.2) is 11.5 Å². The van der Waals surface area contributed by atoms with Crippen LogP contribution in [0.1, 0.15) is 17.5 Å². The number of hydrogen-bond donors (Lipinski definition) is 1. The predicted molar refractivity (Wildman–Crippen MR) is 143 cm³/mol. The summed E-state index contributed by atoms with van der Waals surface area (Å²) in [6.07, 6.45) is 1.89. The molecule has 2 heterocycles. The Balaban J connectivity index is 1.70. The molecule has 0 bridgehead atoms. The number of methoxy groups -OCH3 is 2. The van der Waals surface area contributed by atoms with Crippen LogP contribution in [-0.2, 0) is 15.7 Å². The van der Waals surface area contributed by atoms with Crippen LogP contribution in [0.5, 0.6) is 17.2 Å². The summed E-state index contributed by atoms with van der Waals surface area (Å²) in [6.45, 7) is 1.42. The molecule has 37 heavy (non-hydrogen) atoms. The van der Waals surface area contributed by atoms with Gasteiger partial charge < -0.3 is 19.4 Å². The van der Waals surface area contributed by atoms with Crippen LogP contribution in [0.2, 0.25) is 0 Å². The molecule has 192 valence electrons. The molecular formula is C27H28N4O5S. The van der Waals surface area contributed by atoms with Crippen molar-refractivity contribution in [3.05, 3.63) is 77.9 Å². The molecule has 2 aliphatic rings. The maximum atomic E-state index is 11.8. The summed E-state index contributed by atoms with van der Waals surface area (Å²) in [5, 5.41) is 0. The molecule has 9 nitrogen and oxygen atoms in total. The molecule has 2 N–H and O–H groups in total. The first-order valence-corrected chi connectivity index (χ1v) is 13.6. The maximum Gasteiger partial charge on any atom is 0.306 e. The molecule has 1 atom stereocenters. The normalized spacial score (nSPS) is 19.1. The SMILES string of the molecule is COc1cc(OS(C)(=O)=O)cc(-c2cccc(C3(c4cccc(OC)c4)N=C(N)N4CCCN=C43)c2)c1. The number of nitrogens with zero attached hydrogens (tertiary/aromatic N) is 3. The minimum Gasteiger partial charge on any atom is -0.497 e. The third-order valence-electron chi connectivity index (χ3n) is 6.40. The second-order valence-electron chi connectivity index (χ2n) is 8.89. The second kappa shape index (κ2) is 9.44. The molecule has 0 amide bonds. The van der Waals surface area contributed by atoms with Gasteiger partial charge in [0.05, 0.1) is 20.5 Å². The largest absolute Gasteiger partial charge is 0.497 e. The van der Waals surface area contributed by atoms with E-state index in [0.29, 0.717) is 24.0 Å². The summed E-state index contributed by atoms with van der Waals surface area (Å²) < 4.78 is 39.6. The highest BCUT2D eigenvalue weighted by molar-refractivity contribution is 7.86. The molecule has 10 heteroatoms. The Morgan fingerprint density at radius 2 is 1.59 bits per heavy atom. The van der Waals surface area contributed by atoms with E-state index in [1.54, 1.807) is 13.2 Å². The Morgan fingerprint density at radius 1 is 0.892 bits per heavy atom. The van der Waals surface area contributed by atoms with Crippen molar-refractivity contribution in [1.29, 1.82) is 0 Å². The van der Waals surface area contributed by atoms with Crippen LogP contribution in [0.15, 0.2) is 76.7 Å². The van der Waals surface area contributed by atoms with Crippen LogP contribution >= 0.6 is 0 Å². The molecule has 3 aromatic carbocycles. The fourth-order valence-corrected chi connectivity index (χ4v) is 5.27. The number of nitrogens with two attached hydrogens (primary N) is 1. The number of fused-ring (bicyclic) bond motifs is 1. The summed E-state index contributed by atoms with van der Waals surface area (Å²) in [5.74, 6) is 2.52. The van der Waals surface area contributed by atoms with E-state index in [1.165, 1.54) is 13.2 Å². The van der Waals surface area contributed by atoms with Gasteiger partial charge in [-0.25, -0.2) is 4.99 Å². The zero-order valence-electron chi connectivity index (χ0n) is 20.8. The number of hydrogen-bond acceptors (Lipinski definition) is 9. The van der Waals surface area contributed by atoms with Gasteiger partial charge in [-0.3, -0.25) is 9.89 Å². The molecule has 3 aromatic rings. The minimum absolute atomic E-state index is 0.163. The van der Waals surface area contributed by atoms with Crippen LogP contribution in [0.3, 0.4) is 0 Å². The molecular weight excluding hydrogens is 492 g/mol. The van der Waals surface area contributed by atoms with Gasteiger partial charge >= 0.3 is 10.1 Å². The van der Waals surface area contributed by atoms with Crippen molar-refractivity contribution in [1.82, 2.24) is 4.90 Å². The van der Waals surface area contributed by atoms with Gasteiger partial charge in [-0.15, -0.1) is 0 Å². The first-order valence-electron chi connectivity index (χ1n) is 11.8. The number of aliphatic imine (C=N–C) groups is 2. The number of benzene rings is 3. The Labute approximate surface area is 216 Å². The van der Waals surface area contributed by atoms with Gasteiger partial charge in [0.25, 0.3) is 0 Å². The average molecular weight is 521 g/mol. The van der Waals surface area contributed by atoms with E-state index in [4.69, 9.17) is 29.4 Å². The smallest absolute Gasteiger partial charge is 0.306 e. The average Bonchev–Trinajstić information content (AvgIpc) is 3.21. The predicted octanol–water partition coefficient (Wildman–Crippen LogP) is 3.39. The molecule has 0 spiro atoms. The number of guanidine groups is 1. The third-order valence-corrected chi connectivity index (χ3v) is 6.90. The van der Waals surface area contributed by atoms with Crippen LogP contribution in [-0.4, -0.2) is 58.7 Å². The van der Waals surface area contributed by atoms with Crippen molar-refractivity contribution in [3.63, 3.8) is 0 Å². The van der Waals surface area contributed by atoms with E-state index in [0.717, 1.165) is 47.3 Å². The Kier molecular flexibility index (Phi) is 6.28. The lowest BCUT2D eigenvalue weighted by Gasteiger charge is -2.33. The van der Waals surface area contributed by atoms with E-state index < -0.39 is 15.7 Å². The minimum atomic E-state index is -3.71. The molecule has 5 rings (SSSR count). The van der Waals surface area contributed by atoms with Crippen molar-refractivity contribution < 1.29 is 22.1 Å². The summed E-state index contributed by atoms with van der Waals surface area (Å²) >= 11 is 0. The van der Waals surface area contributed by atoms with Crippen LogP contribution in [0, 0.1) is 0 Å². The molecule has 0 saturated heterocycles. The van der Waals surface area contributed by atoms with Crippen molar-refractivity contribution in [2.75, 3.05) is 33.6 Å². The van der Waals surface area contributed by atoms with E-state index in [-0.39, 0.29) is 5.75 Å². The van der Waals surface area contributed by atoms with Crippen molar-refractivity contribution in [3.8, 4) is 28.4 Å². The molecule has 0 radical (unpaired) electrons. The molecule has 0 fully saturated rings. The molecule has 0 saturated carbocycles. The van der Waals surface area contributed by atoms with Gasteiger partial charge in [0, 0.05) is 19.2 Å². The fraction of sp³-hybridized carbons (Fsp3) is 0.259. The Hall–Kier alpha value is -4.05. The lowest BCUT2D eigenvalue weighted by molar-refractivity contribution is 0.412. The van der Waals surface area contributed by atoms with Gasteiger partial charge in [0.1, 0.15) is 23.1 Å². The Bertz CT molecular complexity index is 1520. The summed E-state index contributed by atoms with van der Waals surface area (Å²) in [7, 11) is -0.570. The molecule has 0 aromatic heterocycles. The lowest BCUT2D eigenvalue weighted by atomic mass is 9.81. The second-order valence-corrected chi connectivity index (χ2v) is 10.5. The third kappa shape index (κ3) is 4.60. The fourth-order valence-electron chi connectivity index (χ4n) is 4.83. The van der Waals surface area contributed by atoms with E-state index >= 15 is 0 Å². The van der Waals surface area contributed by atoms with Gasteiger partial charge in [-0.05, 0) is 59.0 Å². The summed E-state index contributed by atoms with van der Waals surface area (Å²) in [4.78, 5) is 11.9. The van der Waals surface area contributed by atoms with Crippen LogP contribution < -0.4 is 19.4 Å². The van der Waals surface area contributed by atoms with Gasteiger partial charge in [-0.2, -0.15) is 8.42 Å². The standard InChI is InChI=1S/C27H28N4O5S/c1-34-22-10-5-9-21(16-22)27(25-29-11-6-12-31(25)26(28)30-27)20-8-4-7-18(13-20)19-14-23(35-2)17-24(15-19)36-37(3,32)33/h4-5,7-10,13-17H,6,11-12H2,1-3H3,(H2,28,30). The highest BCUT2D eigenvalue weighted by atomic mass is 32.2. The first kappa shape index (κ1) is 24.6. The van der Waals surface area contributed by atoms with Crippen molar-refractivity contribution in [2.24, 2.45) is 15.7 Å². The van der Waals surface area contributed by atoms with Gasteiger partial charge in [-0.1, -0.05) is 30.3 Å². The first-order chi connectivity index (χ1) is 17.7. The topological polar surface area (TPSA) is 116 Å². The molecule has 1 unspecified atom stereocenters. The van der Waals surface area contributed by atoms with E-state index in [1.807, 2.05) is 59.5 Å². The van der Waals surface area contributed by atoms with Crippen molar-refractivity contribution in [2.45, 2.75) is 12.0 Å². The van der Waals surface area contributed by atoms with Crippen LogP contribution in [0.25, 0.3) is 11.1 Å². The quantitative estimate of drug-likeness (QED) is 0.475. The van der Waals surface area contributed by atoms with Gasteiger partial charge in [0.2, 0.25) is 0 Å². The number of amidine groups is 1. The monoisotopic (exact) mass is 520 g/mol. The highest BCUT2D eigenvalue weighted by Gasteiger charge is 2.49. The summed E-state index contributed by atoms with van der Waals surface area (Å²) in [6, 6.07) is 20.6. The lowest BCUT2D eigenvalue weighted by Crippen LogP contribution is -2.46. The van der Waals surface area contributed by atoms with E-state index in [9.17, 15) is 8.42 Å². The van der Waals surface area contributed by atoms with Crippen molar-refractivity contribution >= 4 is 21.9 Å². The Morgan fingerprint density at radius 3 is 2.32 bits per heavy atom. The highest BCUT2D eigenvalue weighted by Crippen LogP contribution is 2.43. The number of ether oxygens (including phenoxy) is 2. The zero-order chi connectivity index (χ0) is 26.2.